The van der Waals surface area contributed by atoms with E-state index in [0.717, 1.165) is 27.1 Å². The molecule has 0 aromatic heterocycles. The van der Waals surface area contributed by atoms with E-state index >= 15 is 0 Å². The molecule has 0 aliphatic rings. The molecule has 18 heavy (non-hydrogen) atoms. The zero-order chi connectivity index (χ0) is 13.3. The van der Waals surface area contributed by atoms with Gasteiger partial charge in [-0.3, -0.25) is 0 Å². The molecule has 0 amide bonds. The Morgan fingerprint density at radius 2 is 1.67 bits per heavy atom. The molecule has 0 saturated heterocycles. The third kappa shape index (κ3) is 2.51. The molecule has 2 aromatic rings. The highest BCUT2D eigenvalue weighted by Crippen LogP contribution is 2.30. The van der Waals surface area contributed by atoms with Crippen LogP contribution in [-0.2, 0) is 0 Å². The number of aryl methyl sites for hydroxylation is 2. The van der Waals surface area contributed by atoms with E-state index in [4.69, 9.17) is 5.73 Å². The number of nitrogen functional groups attached to an aromatic ring is 1. The van der Waals surface area contributed by atoms with Crippen molar-refractivity contribution in [3.63, 3.8) is 0 Å². The fourth-order valence-electron chi connectivity index (χ4n) is 2.03. The van der Waals surface area contributed by atoms with Crippen LogP contribution in [0.4, 0.5) is 17.1 Å². The molecule has 2 rings (SSSR count). The van der Waals surface area contributed by atoms with E-state index in [1.54, 1.807) is 0 Å². The van der Waals surface area contributed by atoms with Crippen LogP contribution in [0.1, 0.15) is 16.7 Å². The summed E-state index contributed by atoms with van der Waals surface area (Å²) in [6, 6.07) is 10.1. The topological polar surface area (TPSA) is 38.0 Å². The molecule has 0 unspecified atom stereocenters. The molecule has 2 aromatic carbocycles. The summed E-state index contributed by atoms with van der Waals surface area (Å²) in [5, 5.41) is 3.48. The lowest BCUT2D eigenvalue weighted by atomic mass is 10.1. The van der Waals surface area contributed by atoms with Crippen molar-refractivity contribution in [1.82, 2.24) is 0 Å². The molecule has 0 fully saturated rings. The normalized spacial score (nSPS) is 10.4. The Bertz CT molecular complexity index is 568. The zero-order valence-electron chi connectivity index (χ0n) is 10.8. The molecule has 94 valence electrons. The Balaban J connectivity index is 2.43. The Hall–Kier alpha value is -1.48. The van der Waals surface area contributed by atoms with Crippen LogP contribution in [0.25, 0.3) is 0 Å². The van der Waals surface area contributed by atoms with Crippen molar-refractivity contribution in [2.75, 3.05) is 11.1 Å². The van der Waals surface area contributed by atoms with E-state index in [-0.39, 0.29) is 0 Å². The summed E-state index contributed by atoms with van der Waals surface area (Å²) >= 11 is 3.51. The van der Waals surface area contributed by atoms with Gasteiger partial charge in [-0.1, -0.05) is 22.0 Å². The highest BCUT2D eigenvalue weighted by molar-refractivity contribution is 9.10. The smallest absolute Gasteiger partial charge is 0.0444 e. The number of hydrogen-bond acceptors (Lipinski definition) is 2. The molecule has 0 bridgehead atoms. The minimum Gasteiger partial charge on any atom is -0.398 e. The monoisotopic (exact) mass is 304 g/mol. The van der Waals surface area contributed by atoms with Gasteiger partial charge >= 0.3 is 0 Å². The lowest BCUT2D eigenvalue weighted by Crippen LogP contribution is -2.00. The van der Waals surface area contributed by atoms with Crippen LogP contribution in [0.15, 0.2) is 34.8 Å². The molecule has 2 nitrogen and oxygen atoms in total. The lowest BCUT2D eigenvalue weighted by molar-refractivity contribution is 1.33. The first-order valence-corrected chi connectivity index (χ1v) is 6.67. The van der Waals surface area contributed by atoms with Gasteiger partial charge in [-0.2, -0.15) is 0 Å². The van der Waals surface area contributed by atoms with Crippen LogP contribution in [0, 0.1) is 20.8 Å². The number of hydrogen-bond donors (Lipinski definition) is 2. The van der Waals surface area contributed by atoms with Gasteiger partial charge in [0.15, 0.2) is 0 Å². The summed E-state index contributed by atoms with van der Waals surface area (Å²) in [5.41, 5.74) is 12.4. The van der Waals surface area contributed by atoms with E-state index < -0.39 is 0 Å². The first kappa shape index (κ1) is 13.0. The number of nitrogens with one attached hydrogen (secondary N) is 1. The third-order valence-corrected chi connectivity index (χ3v) is 3.59. The van der Waals surface area contributed by atoms with Crippen LogP contribution in [0.3, 0.4) is 0 Å². The summed E-state index contributed by atoms with van der Waals surface area (Å²) < 4.78 is 1.10. The van der Waals surface area contributed by atoms with Gasteiger partial charge in [0, 0.05) is 21.5 Å². The molecule has 0 aliphatic heterocycles. The summed E-state index contributed by atoms with van der Waals surface area (Å²) in [6.45, 7) is 6.23. The van der Waals surface area contributed by atoms with E-state index in [0.29, 0.717) is 0 Å². The minimum absolute atomic E-state index is 0.812. The van der Waals surface area contributed by atoms with Gasteiger partial charge in [-0.15, -0.1) is 0 Å². The highest BCUT2D eigenvalue weighted by atomic mass is 79.9. The first-order chi connectivity index (χ1) is 8.49. The zero-order valence-corrected chi connectivity index (χ0v) is 12.4. The van der Waals surface area contributed by atoms with Crippen molar-refractivity contribution in [2.24, 2.45) is 0 Å². The summed E-state index contributed by atoms with van der Waals surface area (Å²) in [7, 11) is 0. The third-order valence-electron chi connectivity index (χ3n) is 3.13. The number of rotatable bonds is 2. The van der Waals surface area contributed by atoms with E-state index in [2.05, 4.69) is 47.2 Å². The second-order valence-corrected chi connectivity index (χ2v) is 5.48. The second kappa shape index (κ2) is 5.02. The van der Waals surface area contributed by atoms with Gasteiger partial charge in [0.2, 0.25) is 0 Å². The van der Waals surface area contributed by atoms with Gasteiger partial charge in [0.25, 0.3) is 0 Å². The SMILES string of the molecule is Cc1cc(Br)cc(C)c1Nc1cccc(N)c1C. The van der Waals surface area contributed by atoms with E-state index in [9.17, 15) is 0 Å². The molecule has 0 spiro atoms. The fraction of sp³-hybridized carbons (Fsp3) is 0.200. The molecule has 0 saturated carbocycles. The second-order valence-electron chi connectivity index (χ2n) is 4.56. The molecule has 3 heteroatoms. The van der Waals surface area contributed by atoms with E-state index in [1.165, 1.54) is 11.1 Å². The average molecular weight is 305 g/mol. The first-order valence-electron chi connectivity index (χ1n) is 5.88. The van der Waals surface area contributed by atoms with Gasteiger partial charge in [0.1, 0.15) is 0 Å². The van der Waals surface area contributed by atoms with Crippen LogP contribution in [0.2, 0.25) is 0 Å². The van der Waals surface area contributed by atoms with Gasteiger partial charge < -0.3 is 11.1 Å². The maximum atomic E-state index is 5.93. The van der Waals surface area contributed by atoms with Crippen molar-refractivity contribution < 1.29 is 0 Å². The number of halogens is 1. The molecule has 0 aliphatic carbocycles. The molecule has 0 atom stereocenters. The average Bonchev–Trinajstić information content (AvgIpc) is 2.28. The standard InChI is InChI=1S/C15H17BrN2/c1-9-7-12(16)8-10(2)15(9)18-14-6-4-5-13(17)11(14)3/h4-8,18H,17H2,1-3H3. The van der Waals surface area contributed by atoms with Crippen molar-refractivity contribution in [2.45, 2.75) is 20.8 Å². The summed E-state index contributed by atoms with van der Waals surface area (Å²) in [4.78, 5) is 0. The van der Waals surface area contributed by atoms with Crippen LogP contribution >= 0.6 is 15.9 Å². The molecular weight excluding hydrogens is 288 g/mol. The van der Waals surface area contributed by atoms with Crippen LogP contribution < -0.4 is 11.1 Å². The Kier molecular flexibility index (Phi) is 3.62. The van der Waals surface area contributed by atoms with E-state index in [1.807, 2.05) is 25.1 Å². The molecule has 0 heterocycles. The van der Waals surface area contributed by atoms with Crippen LogP contribution in [0.5, 0.6) is 0 Å². The number of nitrogens with two attached hydrogens (primary N) is 1. The lowest BCUT2D eigenvalue weighted by Gasteiger charge is -2.16. The molecule has 0 radical (unpaired) electrons. The molecular formula is C15H17BrN2. The van der Waals surface area contributed by atoms with Crippen molar-refractivity contribution in [3.8, 4) is 0 Å². The van der Waals surface area contributed by atoms with Crippen molar-refractivity contribution >= 4 is 33.0 Å². The number of benzene rings is 2. The predicted molar refractivity (Wildman–Crippen MR) is 82.5 cm³/mol. The highest BCUT2D eigenvalue weighted by Gasteiger charge is 2.07. The Morgan fingerprint density at radius 1 is 1.06 bits per heavy atom. The molecule has 3 N–H and O–H groups in total. The van der Waals surface area contributed by atoms with Gasteiger partial charge in [-0.05, 0) is 61.7 Å². The Labute approximate surface area is 116 Å². The minimum atomic E-state index is 0.812. The van der Waals surface area contributed by atoms with Crippen LogP contribution in [-0.4, -0.2) is 0 Å². The quantitative estimate of drug-likeness (QED) is 0.789. The van der Waals surface area contributed by atoms with Gasteiger partial charge in [0.05, 0.1) is 0 Å². The van der Waals surface area contributed by atoms with Gasteiger partial charge in [-0.25, -0.2) is 0 Å². The predicted octanol–water partition coefficient (Wildman–Crippen LogP) is 4.70. The van der Waals surface area contributed by atoms with Crippen molar-refractivity contribution in [3.05, 3.63) is 51.5 Å². The van der Waals surface area contributed by atoms with Crippen molar-refractivity contribution in [1.29, 1.82) is 0 Å². The largest absolute Gasteiger partial charge is 0.398 e. The summed E-state index contributed by atoms with van der Waals surface area (Å²) in [5.74, 6) is 0. The maximum absolute atomic E-state index is 5.93. The fourth-order valence-corrected chi connectivity index (χ4v) is 2.72. The maximum Gasteiger partial charge on any atom is 0.0444 e. The Morgan fingerprint density at radius 3 is 2.28 bits per heavy atom. The number of anilines is 3. The summed E-state index contributed by atoms with van der Waals surface area (Å²) in [6.07, 6.45) is 0.